The van der Waals surface area contributed by atoms with E-state index >= 15 is 0 Å². The number of benzene rings is 2. The van der Waals surface area contributed by atoms with E-state index in [2.05, 4.69) is 43.3 Å². The lowest BCUT2D eigenvalue weighted by Crippen LogP contribution is -2.05. The number of hydrogen-bond donors (Lipinski definition) is 0. The molecular formula is C24H32O. The summed E-state index contributed by atoms with van der Waals surface area (Å²) >= 11 is 0. The number of unbranched alkanes of at least 4 members (excludes halogenated alkanes) is 5. The van der Waals surface area contributed by atoms with Crippen LogP contribution in [0.4, 0.5) is 0 Å². The van der Waals surface area contributed by atoms with Gasteiger partial charge in [-0.05, 0) is 72.6 Å². The molecule has 0 saturated heterocycles. The summed E-state index contributed by atoms with van der Waals surface area (Å²) in [5.41, 5.74) is 7.30. The minimum atomic E-state index is 0.733. The van der Waals surface area contributed by atoms with Gasteiger partial charge in [0.15, 0.2) is 0 Å². The van der Waals surface area contributed by atoms with E-state index in [1.165, 1.54) is 72.8 Å². The molecule has 0 N–H and O–H groups in total. The first kappa shape index (κ1) is 18.0. The molecule has 2 aromatic rings. The van der Waals surface area contributed by atoms with Crippen molar-refractivity contribution < 1.29 is 4.74 Å². The van der Waals surface area contributed by atoms with Gasteiger partial charge in [-0.1, -0.05) is 63.3 Å². The second-order valence-electron chi connectivity index (χ2n) is 7.26. The predicted octanol–water partition coefficient (Wildman–Crippen LogP) is 6.75. The first-order chi connectivity index (χ1) is 12.3. The Hall–Kier alpha value is -1.76. The molecule has 0 aromatic heterocycles. The Bertz CT molecular complexity index is 686. The van der Waals surface area contributed by atoms with Crippen LogP contribution in [0.5, 0.6) is 5.75 Å². The van der Waals surface area contributed by atoms with E-state index in [0.29, 0.717) is 0 Å². The van der Waals surface area contributed by atoms with E-state index in [1.54, 1.807) is 0 Å². The SMILES string of the molecule is CCCCCCCCc1ccc2c(c1)CCc1cc(OCC)ccc1-2. The molecule has 1 aliphatic carbocycles. The van der Waals surface area contributed by atoms with Crippen molar-refractivity contribution in [2.24, 2.45) is 0 Å². The van der Waals surface area contributed by atoms with Gasteiger partial charge in [-0.3, -0.25) is 0 Å². The lowest BCUT2D eigenvalue weighted by molar-refractivity contribution is 0.340. The lowest BCUT2D eigenvalue weighted by atomic mass is 9.84. The summed E-state index contributed by atoms with van der Waals surface area (Å²) in [4.78, 5) is 0. The lowest BCUT2D eigenvalue weighted by Gasteiger charge is -2.21. The molecule has 0 bridgehead atoms. The van der Waals surface area contributed by atoms with Crippen LogP contribution in [0, 0.1) is 0 Å². The summed E-state index contributed by atoms with van der Waals surface area (Å²) in [5, 5.41) is 0. The Kier molecular flexibility index (Phi) is 6.55. The van der Waals surface area contributed by atoms with Crippen LogP contribution in [0.2, 0.25) is 0 Å². The van der Waals surface area contributed by atoms with Gasteiger partial charge in [-0.25, -0.2) is 0 Å². The van der Waals surface area contributed by atoms with Gasteiger partial charge >= 0.3 is 0 Å². The van der Waals surface area contributed by atoms with E-state index in [-0.39, 0.29) is 0 Å². The van der Waals surface area contributed by atoms with Crippen molar-refractivity contribution in [3.05, 3.63) is 53.1 Å². The average Bonchev–Trinajstić information content (AvgIpc) is 2.64. The third-order valence-corrected chi connectivity index (χ3v) is 5.33. The average molecular weight is 337 g/mol. The van der Waals surface area contributed by atoms with Crippen LogP contribution in [-0.2, 0) is 19.3 Å². The summed E-state index contributed by atoms with van der Waals surface area (Å²) in [6, 6.07) is 13.7. The van der Waals surface area contributed by atoms with E-state index in [1.807, 2.05) is 6.92 Å². The maximum absolute atomic E-state index is 5.66. The Morgan fingerprint density at radius 2 is 1.44 bits per heavy atom. The fourth-order valence-electron chi connectivity index (χ4n) is 3.95. The smallest absolute Gasteiger partial charge is 0.119 e. The van der Waals surface area contributed by atoms with Crippen LogP contribution in [0.15, 0.2) is 36.4 Å². The van der Waals surface area contributed by atoms with Crippen LogP contribution in [0.3, 0.4) is 0 Å². The van der Waals surface area contributed by atoms with Crippen molar-refractivity contribution in [3.63, 3.8) is 0 Å². The molecule has 134 valence electrons. The molecule has 1 aliphatic rings. The Labute approximate surface area is 153 Å². The molecule has 1 heteroatoms. The van der Waals surface area contributed by atoms with Crippen LogP contribution in [-0.4, -0.2) is 6.61 Å². The minimum absolute atomic E-state index is 0.733. The van der Waals surface area contributed by atoms with Gasteiger partial charge in [0.05, 0.1) is 6.61 Å². The standard InChI is InChI=1S/C24H32O/c1-3-5-6-7-8-9-10-19-11-15-23-20(17-19)12-13-21-18-22(25-4-2)14-16-24(21)23/h11,14-18H,3-10,12-13H2,1-2H3. The summed E-state index contributed by atoms with van der Waals surface area (Å²) < 4.78 is 5.66. The van der Waals surface area contributed by atoms with Crippen molar-refractivity contribution in [2.75, 3.05) is 6.61 Å². The summed E-state index contributed by atoms with van der Waals surface area (Å²) in [5.74, 6) is 1.00. The molecule has 25 heavy (non-hydrogen) atoms. The van der Waals surface area contributed by atoms with Crippen LogP contribution in [0.1, 0.15) is 69.1 Å². The third-order valence-electron chi connectivity index (χ3n) is 5.33. The quantitative estimate of drug-likeness (QED) is 0.460. The monoisotopic (exact) mass is 336 g/mol. The maximum atomic E-state index is 5.66. The van der Waals surface area contributed by atoms with E-state index in [4.69, 9.17) is 4.74 Å². The molecule has 0 atom stereocenters. The van der Waals surface area contributed by atoms with Crippen molar-refractivity contribution in [1.29, 1.82) is 0 Å². The molecule has 2 aromatic carbocycles. The van der Waals surface area contributed by atoms with Crippen LogP contribution < -0.4 is 4.74 Å². The highest BCUT2D eigenvalue weighted by Crippen LogP contribution is 2.36. The highest BCUT2D eigenvalue weighted by atomic mass is 16.5. The third kappa shape index (κ3) is 4.66. The molecule has 0 fully saturated rings. The molecule has 0 unspecified atom stereocenters. The molecule has 0 saturated carbocycles. The molecule has 0 aliphatic heterocycles. The number of ether oxygens (including phenoxy) is 1. The largest absolute Gasteiger partial charge is 0.494 e. The summed E-state index contributed by atoms with van der Waals surface area (Å²) in [6.45, 7) is 5.06. The first-order valence-electron chi connectivity index (χ1n) is 10.2. The zero-order valence-electron chi connectivity index (χ0n) is 15.9. The highest BCUT2D eigenvalue weighted by Gasteiger charge is 2.17. The van der Waals surface area contributed by atoms with E-state index in [9.17, 15) is 0 Å². The molecule has 1 nitrogen and oxygen atoms in total. The highest BCUT2D eigenvalue weighted by molar-refractivity contribution is 5.74. The van der Waals surface area contributed by atoms with Gasteiger partial charge in [0.1, 0.15) is 5.75 Å². The second-order valence-corrected chi connectivity index (χ2v) is 7.26. The van der Waals surface area contributed by atoms with E-state index in [0.717, 1.165) is 25.2 Å². The first-order valence-corrected chi connectivity index (χ1v) is 10.2. The Morgan fingerprint density at radius 1 is 0.760 bits per heavy atom. The zero-order valence-corrected chi connectivity index (χ0v) is 15.9. The maximum Gasteiger partial charge on any atom is 0.119 e. The molecule has 0 heterocycles. The Morgan fingerprint density at radius 3 is 2.20 bits per heavy atom. The summed E-state index contributed by atoms with van der Waals surface area (Å²) in [6.07, 6.45) is 11.7. The molecule has 0 radical (unpaired) electrons. The van der Waals surface area contributed by atoms with Gasteiger partial charge in [0.2, 0.25) is 0 Å². The topological polar surface area (TPSA) is 9.23 Å². The van der Waals surface area contributed by atoms with Gasteiger partial charge in [-0.15, -0.1) is 0 Å². The molecule has 0 spiro atoms. The van der Waals surface area contributed by atoms with Gasteiger partial charge < -0.3 is 4.74 Å². The minimum Gasteiger partial charge on any atom is -0.494 e. The fourth-order valence-corrected chi connectivity index (χ4v) is 3.95. The van der Waals surface area contributed by atoms with Gasteiger partial charge in [0.25, 0.3) is 0 Å². The Balaban J connectivity index is 1.64. The van der Waals surface area contributed by atoms with Crippen molar-refractivity contribution in [2.45, 2.75) is 71.6 Å². The van der Waals surface area contributed by atoms with Gasteiger partial charge in [0, 0.05) is 0 Å². The number of aryl methyl sites for hydroxylation is 3. The van der Waals surface area contributed by atoms with Crippen LogP contribution >= 0.6 is 0 Å². The fraction of sp³-hybridized carbons (Fsp3) is 0.500. The van der Waals surface area contributed by atoms with Gasteiger partial charge in [-0.2, -0.15) is 0 Å². The van der Waals surface area contributed by atoms with Crippen molar-refractivity contribution in [3.8, 4) is 16.9 Å². The summed E-state index contributed by atoms with van der Waals surface area (Å²) in [7, 11) is 0. The number of fused-ring (bicyclic) bond motifs is 3. The normalized spacial score (nSPS) is 12.6. The van der Waals surface area contributed by atoms with Crippen LogP contribution in [0.25, 0.3) is 11.1 Å². The van der Waals surface area contributed by atoms with Crippen molar-refractivity contribution in [1.82, 2.24) is 0 Å². The molecule has 0 amide bonds. The van der Waals surface area contributed by atoms with Crippen molar-refractivity contribution >= 4 is 0 Å². The number of rotatable bonds is 9. The predicted molar refractivity (Wildman–Crippen MR) is 108 cm³/mol. The zero-order chi connectivity index (χ0) is 17.5. The van der Waals surface area contributed by atoms with E-state index < -0.39 is 0 Å². The molecule has 3 rings (SSSR count). The second kappa shape index (κ2) is 9.08. The molecular weight excluding hydrogens is 304 g/mol. The number of hydrogen-bond acceptors (Lipinski definition) is 1.